The first-order valence-electron chi connectivity index (χ1n) is 6.65. The molecule has 0 radical (unpaired) electrons. The van der Waals surface area contributed by atoms with Crippen molar-refractivity contribution < 1.29 is 9.90 Å². The van der Waals surface area contributed by atoms with Crippen molar-refractivity contribution in [2.75, 3.05) is 13.2 Å². The third kappa shape index (κ3) is 2.91. The number of hydrogen-bond acceptors (Lipinski definition) is 2. The van der Waals surface area contributed by atoms with Gasteiger partial charge in [-0.05, 0) is 36.5 Å². The zero-order valence-electron chi connectivity index (χ0n) is 11.1. The van der Waals surface area contributed by atoms with Gasteiger partial charge in [0.05, 0.1) is 6.61 Å². The van der Waals surface area contributed by atoms with E-state index in [4.69, 9.17) is 5.11 Å². The molecule has 0 heterocycles. The number of nitrogens with zero attached hydrogens (tertiary/aromatic N) is 1. The van der Waals surface area contributed by atoms with Gasteiger partial charge in [0.15, 0.2) is 0 Å². The molecule has 98 valence electrons. The Bertz CT molecular complexity index is 407. The zero-order valence-corrected chi connectivity index (χ0v) is 11.1. The average molecular weight is 247 g/mol. The lowest BCUT2D eigenvalue weighted by Gasteiger charge is -2.21. The normalized spacial score (nSPS) is 14.9. The van der Waals surface area contributed by atoms with Crippen LogP contribution in [0.5, 0.6) is 0 Å². The maximum Gasteiger partial charge on any atom is 0.254 e. The van der Waals surface area contributed by atoms with Crippen LogP contribution < -0.4 is 0 Å². The lowest BCUT2D eigenvalue weighted by Crippen LogP contribution is -2.35. The van der Waals surface area contributed by atoms with Crippen LogP contribution >= 0.6 is 0 Å². The number of rotatable bonds is 5. The van der Waals surface area contributed by atoms with E-state index in [2.05, 4.69) is 13.8 Å². The molecule has 1 aliphatic carbocycles. The number of amides is 1. The van der Waals surface area contributed by atoms with E-state index >= 15 is 0 Å². The molecule has 1 saturated carbocycles. The molecule has 3 heteroatoms. The summed E-state index contributed by atoms with van der Waals surface area (Å²) in [4.78, 5) is 14.1. The molecule has 0 saturated heterocycles. The van der Waals surface area contributed by atoms with Crippen LogP contribution in [0.15, 0.2) is 24.3 Å². The Kier molecular flexibility index (Phi) is 4.02. The number of aliphatic hydroxyl groups excluding tert-OH is 1. The van der Waals surface area contributed by atoms with Gasteiger partial charge in [0.2, 0.25) is 0 Å². The molecule has 0 unspecified atom stereocenters. The molecule has 0 atom stereocenters. The average Bonchev–Trinajstić information content (AvgIpc) is 3.19. The van der Waals surface area contributed by atoms with E-state index in [9.17, 15) is 4.79 Å². The number of aliphatic hydroxyl groups is 1. The van der Waals surface area contributed by atoms with E-state index in [1.807, 2.05) is 24.3 Å². The summed E-state index contributed by atoms with van der Waals surface area (Å²) in [6.07, 6.45) is 2.13. The van der Waals surface area contributed by atoms with Gasteiger partial charge in [-0.25, -0.2) is 0 Å². The Morgan fingerprint density at radius 1 is 1.33 bits per heavy atom. The number of carbonyl (C=O) groups excluding carboxylic acids is 1. The zero-order chi connectivity index (χ0) is 13.1. The Balaban J connectivity index is 2.11. The van der Waals surface area contributed by atoms with Gasteiger partial charge in [-0.2, -0.15) is 0 Å². The quantitative estimate of drug-likeness (QED) is 0.868. The summed E-state index contributed by atoms with van der Waals surface area (Å²) < 4.78 is 0. The molecule has 1 N–H and O–H groups in total. The Hall–Kier alpha value is -1.35. The molecular formula is C15H21NO2. The maximum atomic E-state index is 12.3. The summed E-state index contributed by atoms with van der Waals surface area (Å²) in [5, 5.41) is 9.03. The molecule has 0 spiro atoms. The second kappa shape index (κ2) is 5.53. The molecule has 0 bridgehead atoms. The summed E-state index contributed by atoms with van der Waals surface area (Å²) in [6, 6.07) is 8.16. The molecule has 2 rings (SSSR count). The molecule has 1 aliphatic rings. The molecule has 1 aromatic carbocycles. The molecule has 1 fully saturated rings. The van der Waals surface area contributed by atoms with Crippen molar-refractivity contribution in [2.45, 2.75) is 38.6 Å². The predicted molar refractivity (Wildman–Crippen MR) is 71.7 cm³/mol. The Morgan fingerprint density at radius 2 is 1.94 bits per heavy atom. The monoisotopic (exact) mass is 247 g/mol. The van der Waals surface area contributed by atoms with Crippen LogP contribution in [0.25, 0.3) is 0 Å². The maximum absolute atomic E-state index is 12.3. The van der Waals surface area contributed by atoms with Crippen LogP contribution in [-0.4, -0.2) is 35.1 Å². The van der Waals surface area contributed by atoms with Gasteiger partial charge >= 0.3 is 0 Å². The first-order chi connectivity index (χ1) is 8.63. The molecule has 0 aliphatic heterocycles. The fourth-order valence-corrected chi connectivity index (χ4v) is 2.12. The van der Waals surface area contributed by atoms with E-state index in [1.54, 1.807) is 4.90 Å². The fourth-order valence-electron chi connectivity index (χ4n) is 2.12. The van der Waals surface area contributed by atoms with Crippen LogP contribution in [0.3, 0.4) is 0 Å². The van der Waals surface area contributed by atoms with Gasteiger partial charge in [0, 0.05) is 18.2 Å². The molecule has 1 aromatic rings. The van der Waals surface area contributed by atoms with Gasteiger partial charge in [-0.3, -0.25) is 4.79 Å². The van der Waals surface area contributed by atoms with Crippen molar-refractivity contribution in [1.82, 2.24) is 4.90 Å². The second-order valence-electron chi connectivity index (χ2n) is 5.23. The largest absolute Gasteiger partial charge is 0.395 e. The minimum atomic E-state index is 0.0340. The minimum Gasteiger partial charge on any atom is -0.395 e. The smallest absolute Gasteiger partial charge is 0.254 e. The first-order valence-corrected chi connectivity index (χ1v) is 6.65. The van der Waals surface area contributed by atoms with E-state index < -0.39 is 0 Å². The molecule has 0 aromatic heterocycles. The van der Waals surface area contributed by atoms with Gasteiger partial charge in [-0.15, -0.1) is 0 Å². The van der Waals surface area contributed by atoms with E-state index in [-0.39, 0.29) is 12.5 Å². The van der Waals surface area contributed by atoms with Crippen molar-refractivity contribution in [1.29, 1.82) is 0 Å². The van der Waals surface area contributed by atoms with Crippen molar-refractivity contribution in [3.8, 4) is 0 Å². The van der Waals surface area contributed by atoms with Gasteiger partial charge < -0.3 is 10.0 Å². The summed E-state index contributed by atoms with van der Waals surface area (Å²) in [5.41, 5.74) is 1.96. The summed E-state index contributed by atoms with van der Waals surface area (Å²) in [7, 11) is 0. The van der Waals surface area contributed by atoms with Crippen LogP contribution in [0.4, 0.5) is 0 Å². The highest BCUT2D eigenvalue weighted by molar-refractivity contribution is 5.94. The fraction of sp³-hybridized carbons (Fsp3) is 0.533. The molecule has 1 amide bonds. The van der Waals surface area contributed by atoms with Crippen LogP contribution in [0.2, 0.25) is 0 Å². The highest BCUT2D eigenvalue weighted by Gasteiger charge is 2.32. The van der Waals surface area contributed by atoms with Gasteiger partial charge in [0.25, 0.3) is 5.91 Å². The highest BCUT2D eigenvalue weighted by Crippen LogP contribution is 2.28. The Labute approximate surface area is 108 Å². The van der Waals surface area contributed by atoms with Crippen molar-refractivity contribution >= 4 is 5.91 Å². The molecule has 18 heavy (non-hydrogen) atoms. The standard InChI is InChI=1S/C15H21NO2/c1-11(2)12-3-5-13(6-4-12)15(18)16(9-10-17)14-7-8-14/h3-6,11,14,17H,7-10H2,1-2H3. The summed E-state index contributed by atoms with van der Waals surface area (Å²) >= 11 is 0. The summed E-state index contributed by atoms with van der Waals surface area (Å²) in [6.45, 7) is 4.75. The molecular weight excluding hydrogens is 226 g/mol. The Morgan fingerprint density at radius 3 is 2.39 bits per heavy atom. The second-order valence-corrected chi connectivity index (χ2v) is 5.23. The number of benzene rings is 1. The lowest BCUT2D eigenvalue weighted by molar-refractivity contribution is 0.0707. The van der Waals surface area contributed by atoms with Crippen LogP contribution in [0, 0.1) is 0 Å². The topological polar surface area (TPSA) is 40.5 Å². The van der Waals surface area contributed by atoms with Crippen LogP contribution in [-0.2, 0) is 0 Å². The van der Waals surface area contributed by atoms with Gasteiger partial charge in [0.1, 0.15) is 0 Å². The number of carbonyl (C=O) groups is 1. The summed E-state index contributed by atoms with van der Waals surface area (Å²) in [5.74, 6) is 0.521. The van der Waals surface area contributed by atoms with Crippen molar-refractivity contribution in [3.05, 3.63) is 35.4 Å². The van der Waals surface area contributed by atoms with Gasteiger partial charge in [-0.1, -0.05) is 26.0 Å². The van der Waals surface area contributed by atoms with Crippen molar-refractivity contribution in [2.24, 2.45) is 0 Å². The predicted octanol–water partition coefficient (Wildman–Crippen LogP) is 2.41. The number of hydrogen-bond donors (Lipinski definition) is 1. The highest BCUT2D eigenvalue weighted by atomic mass is 16.3. The van der Waals surface area contributed by atoms with Crippen molar-refractivity contribution in [3.63, 3.8) is 0 Å². The lowest BCUT2D eigenvalue weighted by atomic mass is 10.0. The van der Waals surface area contributed by atoms with Crippen LogP contribution in [0.1, 0.15) is 48.5 Å². The third-order valence-corrected chi connectivity index (χ3v) is 3.41. The van der Waals surface area contributed by atoms with E-state index in [0.717, 1.165) is 18.4 Å². The first kappa shape index (κ1) is 13.1. The minimum absolute atomic E-state index is 0.0340. The SMILES string of the molecule is CC(C)c1ccc(C(=O)N(CCO)C2CC2)cc1. The third-order valence-electron chi connectivity index (χ3n) is 3.41. The van der Waals surface area contributed by atoms with E-state index in [1.165, 1.54) is 5.56 Å². The molecule has 3 nitrogen and oxygen atoms in total. The van der Waals surface area contributed by atoms with E-state index in [0.29, 0.717) is 18.5 Å².